The van der Waals surface area contributed by atoms with Crippen molar-refractivity contribution in [1.82, 2.24) is 18.8 Å². The van der Waals surface area contributed by atoms with Crippen molar-refractivity contribution >= 4 is 22.0 Å². The van der Waals surface area contributed by atoms with Crippen molar-refractivity contribution < 1.29 is 22.7 Å². The smallest absolute Gasteiger partial charge is 0.281 e. The maximum absolute atomic E-state index is 13.0. The third-order valence-electron chi connectivity index (χ3n) is 5.55. The van der Waals surface area contributed by atoms with Crippen molar-refractivity contribution in [2.24, 2.45) is 0 Å². The van der Waals surface area contributed by atoms with Crippen molar-refractivity contribution in [1.29, 1.82) is 0 Å². The van der Waals surface area contributed by atoms with Gasteiger partial charge in [0.1, 0.15) is 17.9 Å². The molecule has 2 heterocycles. The zero-order chi connectivity index (χ0) is 21.9. The van der Waals surface area contributed by atoms with Crippen molar-refractivity contribution in [2.45, 2.75) is 38.3 Å². The molecule has 2 aliphatic heterocycles. The maximum atomic E-state index is 13.0. The zero-order valence-corrected chi connectivity index (χ0v) is 18.5. The van der Waals surface area contributed by atoms with E-state index in [0.717, 1.165) is 0 Å². The SMILES string of the molecule is CC[C@H]1C(=O)NCCN1C(=O)c1cccc(OC2CCN(S(=O)(=O)N(C)C)CC2)c1. The van der Waals surface area contributed by atoms with Gasteiger partial charge in [-0.3, -0.25) is 9.59 Å². The van der Waals surface area contributed by atoms with Crippen LogP contribution in [0.5, 0.6) is 5.75 Å². The summed E-state index contributed by atoms with van der Waals surface area (Å²) in [6.07, 6.45) is 1.60. The van der Waals surface area contributed by atoms with E-state index in [0.29, 0.717) is 56.8 Å². The average molecular weight is 439 g/mol. The molecular weight excluding hydrogens is 408 g/mol. The first kappa shape index (κ1) is 22.5. The second-order valence-corrected chi connectivity index (χ2v) is 9.89. The molecule has 1 aromatic carbocycles. The number of piperidine rings is 1. The number of amides is 2. The Hall–Kier alpha value is -2.17. The van der Waals surface area contributed by atoms with Gasteiger partial charge in [-0.15, -0.1) is 0 Å². The number of nitrogens with zero attached hydrogens (tertiary/aromatic N) is 3. The predicted octanol–water partition coefficient (Wildman–Crippen LogP) is 0.687. The molecule has 2 fully saturated rings. The molecule has 2 saturated heterocycles. The number of rotatable bonds is 6. The van der Waals surface area contributed by atoms with E-state index in [4.69, 9.17) is 4.74 Å². The molecule has 30 heavy (non-hydrogen) atoms. The standard InChI is InChI=1S/C20H30N4O5S/c1-4-18-19(25)21-10-13-24(18)20(26)15-6-5-7-17(14-15)29-16-8-11-23(12-9-16)30(27,28)22(2)3/h5-7,14,16,18H,4,8-13H2,1-3H3,(H,21,25)/t18-/m0/s1. The van der Waals surface area contributed by atoms with Gasteiger partial charge >= 0.3 is 0 Å². The Morgan fingerprint density at radius 3 is 2.57 bits per heavy atom. The summed E-state index contributed by atoms with van der Waals surface area (Å²) in [6, 6.07) is 6.52. The highest BCUT2D eigenvalue weighted by Gasteiger charge is 2.33. The Morgan fingerprint density at radius 1 is 1.23 bits per heavy atom. The molecule has 0 spiro atoms. The van der Waals surface area contributed by atoms with E-state index in [2.05, 4.69) is 5.32 Å². The summed E-state index contributed by atoms with van der Waals surface area (Å²) in [6.45, 7) is 3.60. The molecule has 0 bridgehead atoms. The van der Waals surface area contributed by atoms with Crippen molar-refractivity contribution in [3.8, 4) is 5.75 Å². The second kappa shape index (κ2) is 9.32. The number of carbonyl (C=O) groups is 2. The first-order chi connectivity index (χ1) is 14.2. The van der Waals surface area contributed by atoms with E-state index in [9.17, 15) is 18.0 Å². The van der Waals surface area contributed by atoms with Crippen LogP contribution < -0.4 is 10.1 Å². The highest BCUT2D eigenvalue weighted by atomic mass is 32.2. The Bertz CT molecular complexity index is 881. The number of carbonyl (C=O) groups excluding carboxylic acids is 2. The molecule has 166 valence electrons. The van der Waals surface area contributed by atoms with Crippen LogP contribution in [0.15, 0.2) is 24.3 Å². The van der Waals surface area contributed by atoms with Gasteiger partial charge in [0.2, 0.25) is 5.91 Å². The fourth-order valence-electron chi connectivity index (χ4n) is 3.84. The molecule has 2 aliphatic rings. The van der Waals surface area contributed by atoms with Crippen LogP contribution >= 0.6 is 0 Å². The van der Waals surface area contributed by atoms with Crippen LogP contribution in [-0.2, 0) is 15.0 Å². The lowest BCUT2D eigenvalue weighted by atomic mass is 10.1. The molecule has 0 aromatic heterocycles. The van der Waals surface area contributed by atoms with E-state index in [-0.39, 0.29) is 17.9 Å². The lowest BCUT2D eigenvalue weighted by Gasteiger charge is -2.34. The topological polar surface area (TPSA) is 99.3 Å². The van der Waals surface area contributed by atoms with E-state index in [1.807, 2.05) is 6.92 Å². The monoisotopic (exact) mass is 438 g/mol. The molecule has 1 aromatic rings. The minimum atomic E-state index is -3.41. The van der Waals surface area contributed by atoms with Gasteiger partial charge < -0.3 is 15.0 Å². The average Bonchev–Trinajstić information content (AvgIpc) is 2.73. The van der Waals surface area contributed by atoms with Gasteiger partial charge in [0.05, 0.1) is 0 Å². The number of nitrogens with one attached hydrogen (secondary N) is 1. The number of hydrogen-bond donors (Lipinski definition) is 1. The van der Waals surface area contributed by atoms with Crippen LogP contribution in [0.25, 0.3) is 0 Å². The van der Waals surface area contributed by atoms with Crippen molar-refractivity contribution in [3.05, 3.63) is 29.8 Å². The lowest BCUT2D eigenvalue weighted by Crippen LogP contribution is -2.56. The molecule has 0 radical (unpaired) electrons. The van der Waals surface area contributed by atoms with Crippen LogP contribution in [0, 0.1) is 0 Å². The molecule has 0 aliphatic carbocycles. The van der Waals surface area contributed by atoms with Gasteiger partial charge in [0, 0.05) is 45.8 Å². The van der Waals surface area contributed by atoms with Crippen LogP contribution in [0.1, 0.15) is 36.5 Å². The summed E-state index contributed by atoms with van der Waals surface area (Å²) in [5, 5.41) is 2.80. The second-order valence-electron chi connectivity index (χ2n) is 7.75. The highest BCUT2D eigenvalue weighted by Crippen LogP contribution is 2.23. The Kier molecular flexibility index (Phi) is 6.99. The van der Waals surface area contributed by atoms with E-state index < -0.39 is 16.3 Å². The first-order valence-corrected chi connectivity index (χ1v) is 11.7. The molecule has 10 heteroatoms. The number of benzene rings is 1. The minimum Gasteiger partial charge on any atom is -0.490 e. The fraction of sp³-hybridized carbons (Fsp3) is 0.600. The summed E-state index contributed by atoms with van der Waals surface area (Å²) in [5.74, 6) is 0.266. The van der Waals surface area contributed by atoms with Crippen LogP contribution in [0.2, 0.25) is 0 Å². The van der Waals surface area contributed by atoms with E-state index in [1.165, 1.54) is 22.7 Å². The van der Waals surface area contributed by atoms with Crippen LogP contribution in [0.3, 0.4) is 0 Å². The maximum Gasteiger partial charge on any atom is 0.281 e. The number of ether oxygens (including phenoxy) is 1. The molecule has 0 saturated carbocycles. The van der Waals surface area contributed by atoms with Crippen molar-refractivity contribution in [3.63, 3.8) is 0 Å². The molecule has 3 rings (SSSR count). The molecule has 1 atom stereocenters. The van der Waals surface area contributed by atoms with E-state index in [1.54, 1.807) is 29.2 Å². The third-order valence-corrected chi connectivity index (χ3v) is 7.49. The number of hydrogen-bond acceptors (Lipinski definition) is 5. The van der Waals surface area contributed by atoms with Crippen LogP contribution in [0.4, 0.5) is 0 Å². The lowest BCUT2D eigenvalue weighted by molar-refractivity contribution is -0.127. The normalized spacial score (nSPS) is 21.5. The van der Waals surface area contributed by atoms with Crippen LogP contribution in [-0.4, -0.2) is 86.2 Å². The summed E-state index contributed by atoms with van der Waals surface area (Å²) >= 11 is 0. The molecule has 9 nitrogen and oxygen atoms in total. The molecule has 0 unspecified atom stereocenters. The van der Waals surface area contributed by atoms with Gasteiger partial charge in [0.15, 0.2) is 0 Å². The fourth-order valence-corrected chi connectivity index (χ4v) is 4.97. The van der Waals surface area contributed by atoms with Gasteiger partial charge in [-0.25, -0.2) is 0 Å². The summed E-state index contributed by atoms with van der Waals surface area (Å²) < 4.78 is 33.2. The van der Waals surface area contributed by atoms with Gasteiger partial charge in [-0.05, 0) is 37.5 Å². The van der Waals surface area contributed by atoms with E-state index >= 15 is 0 Å². The Labute approximate surface area is 178 Å². The largest absolute Gasteiger partial charge is 0.490 e. The van der Waals surface area contributed by atoms with Gasteiger partial charge in [-0.2, -0.15) is 17.0 Å². The highest BCUT2D eigenvalue weighted by molar-refractivity contribution is 7.86. The predicted molar refractivity (Wildman–Crippen MR) is 112 cm³/mol. The molecule has 1 N–H and O–H groups in total. The quantitative estimate of drug-likeness (QED) is 0.704. The Morgan fingerprint density at radius 2 is 1.93 bits per heavy atom. The summed E-state index contributed by atoms with van der Waals surface area (Å²) in [7, 11) is -0.364. The van der Waals surface area contributed by atoms with Crippen molar-refractivity contribution in [2.75, 3.05) is 40.3 Å². The summed E-state index contributed by atoms with van der Waals surface area (Å²) in [4.78, 5) is 26.7. The third kappa shape index (κ3) is 4.76. The molecular formula is C20H30N4O5S. The molecule has 2 amide bonds. The van der Waals surface area contributed by atoms with Gasteiger partial charge in [0.25, 0.3) is 16.1 Å². The first-order valence-electron chi connectivity index (χ1n) is 10.3. The van der Waals surface area contributed by atoms with Gasteiger partial charge in [-0.1, -0.05) is 13.0 Å². The zero-order valence-electron chi connectivity index (χ0n) is 17.7. The summed E-state index contributed by atoms with van der Waals surface area (Å²) in [5.41, 5.74) is 0.480. The Balaban J connectivity index is 1.64. The minimum absolute atomic E-state index is 0.117. The number of piperazine rings is 1.